The van der Waals surface area contributed by atoms with Crippen molar-refractivity contribution in [3.63, 3.8) is 0 Å². The van der Waals surface area contributed by atoms with Gasteiger partial charge in [0.25, 0.3) is 0 Å². The molecular weight excluding hydrogens is 508 g/mol. The van der Waals surface area contributed by atoms with Gasteiger partial charge in [0.05, 0.1) is 25.9 Å². The summed E-state index contributed by atoms with van der Waals surface area (Å²) in [4.78, 5) is 39.1. The Kier molecular flexibility index (Phi) is 11.5. The number of Topliss-reactive ketones (excluding diaryl/α,β-unsaturated/α-hetero) is 3. The minimum absolute atomic E-state index is 0.00315. The third-order valence-corrected chi connectivity index (χ3v) is 8.10. The molecule has 0 aliphatic heterocycles. The fraction of sp³-hybridized carbons (Fsp3) is 0.545. The zero-order valence-electron chi connectivity index (χ0n) is 24.8. The summed E-state index contributed by atoms with van der Waals surface area (Å²) in [5, 5.41) is 0. The van der Waals surface area contributed by atoms with Crippen molar-refractivity contribution in [2.45, 2.75) is 78.9 Å². The minimum Gasteiger partial charge on any atom is -0.493 e. The average molecular weight is 553 g/mol. The lowest BCUT2D eigenvalue weighted by Crippen LogP contribution is -2.49. The predicted octanol–water partition coefficient (Wildman–Crippen LogP) is 6.36. The molecule has 2 aromatic rings. The number of methoxy groups -OCH3 is 1. The number of hydrogen-bond donors (Lipinski definition) is 0. The highest BCUT2D eigenvalue weighted by atomic mass is 16.5. The number of ketones is 3. The molecular formula is C33H44O7. The van der Waals surface area contributed by atoms with Crippen LogP contribution in [0.25, 0.3) is 0 Å². The summed E-state index contributed by atoms with van der Waals surface area (Å²) in [6.07, 6.45) is 1.80. The molecule has 0 radical (unpaired) electrons. The molecule has 2 atom stereocenters. The molecule has 0 saturated heterocycles. The Balaban J connectivity index is 1.90. The second-order valence-electron chi connectivity index (χ2n) is 10.8. The first-order valence-electron chi connectivity index (χ1n) is 14.3. The fourth-order valence-corrected chi connectivity index (χ4v) is 5.65. The van der Waals surface area contributed by atoms with Gasteiger partial charge in [0, 0.05) is 31.5 Å². The van der Waals surface area contributed by atoms with Crippen LogP contribution in [0.5, 0.6) is 11.5 Å². The molecule has 0 aromatic heterocycles. The van der Waals surface area contributed by atoms with E-state index in [1.807, 2.05) is 63.2 Å². The number of carbonyl (C=O) groups excluding carboxylic acids is 3. The summed E-state index contributed by atoms with van der Waals surface area (Å²) in [6.45, 7) is 10.4. The minimum atomic E-state index is -0.675. The van der Waals surface area contributed by atoms with Crippen molar-refractivity contribution in [2.24, 2.45) is 11.3 Å². The van der Waals surface area contributed by atoms with E-state index in [-0.39, 0.29) is 35.8 Å². The first kappa shape index (κ1) is 31.5. The van der Waals surface area contributed by atoms with Gasteiger partial charge in [-0.25, -0.2) is 0 Å². The van der Waals surface area contributed by atoms with Crippen LogP contribution in [0.15, 0.2) is 42.5 Å². The van der Waals surface area contributed by atoms with Gasteiger partial charge in [-0.1, -0.05) is 37.3 Å². The van der Waals surface area contributed by atoms with E-state index in [1.165, 1.54) is 6.92 Å². The van der Waals surface area contributed by atoms with Crippen LogP contribution in [0.1, 0.15) is 87.7 Å². The molecule has 1 fully saturated rings. The Labute approximate surface area is 238 Å². The van der Waals surface area contributed by atoms with Crippen molar-refractivity contribution in [3.05, 3.63) is 59.2 Å². The monoisotopic (exact) mass is 552 g/mol. The van der Waals surface area contributed by atoms with Gasteiger partial charge in [0.15, 0.2) is 5.78 Å². The molecule has 40 heavy (non-hydrogen) atoms. The summed E-state index contributed by atoms with van der Waals surface area (Å²) >= 11 is 0. The van der Waals surface area contributed by atoms with Gasteiger partial charge in [-0.05, 0) is 76.1 Å². The van der Waals surface area contributed by atoms with Gasteiger partial charge in [0.2, 0.25) is 0 Å². The summed E-state index contributed by atoms with van der Waals surface area (Å²) in [5.74, 6) is 0.202. The number of carbonyl (C=O) groups is 3. The highest BCUT2D eigenvalue weighted by Crippen LogP contribution is 2.48. The van der Waals surface area contributed by atoms with Gasteiger partial charge in [0.1, 0.15) is 28.6 Å². The van der Waals surface area contributed by atoms with Gasteiger partial charge >= 0.3 is 0 Å². The molecule has 0 bridgehead atoms. The molecule has 1 aliphatic rings. The smallest absolute Gasteiger partial charge is 0.167 e. The fourth-order valence-electron chi connectivity index (χ4n) is 5.65. The van der Waals surface area contributed by atoms with E-state index in [1.54, 1.807) is 14.0 Å². The lowest BCUT2D eigenvalue weighted by Gasteiger charge is -2.45. The molecule has 7 heteroatoms. The van der Waals surface area contributed by atoms with Crippen LogP contribution in [0.3, 0.4) is 0 Å². The van der Waals surface area contributed by atoms with Crippen LogP contribution in [0.2, 0.25) is 0 Å². The quantitative estimate of drug-likeness (QED) is 0.167. The van der Waals surface area contributed by atoms with E-state index in [0.717, 1.165) is 11.1 Å². The second-order valence-corrected chi connectivity index (χ2v) is 10.8. The lowest BCUT2D eigenvalue weighted by molar-refractivity contribution is -0.149. The number of hydrogen-bond acceptors (Lipinski definition) is 7. The SMILES string of the molecule is CCOc1cc([C@@H](C)C(CCOCc2ccccc2)C(=O)CC2(C(C)=O)CC(OC)C2)cc(OCC)c1C(C)=O. The van der Waals surface area contributed by atoms with E-state index in [4.69, 9.17) is 18.9 Å². The van der Waals surface area contributed by atoms with Crippen molar-refractivity contribution in [3.8, 4) is 11.5 Å². The normalized spacial score (nSPS) is 19.8. The third-order valence-electron chi connectivity index (χ3n) is 8.10. The Bertz CT molecular complexity index is 1120. The number of benzene rings is 2. The largest absolute Gasteiger partial charge is 0.493 e. The molecule has 7 nitrogen and oxygen atoms in total. The molecule has 218 valence electrons. The zero-order chi connectivity index (χ0) is 29.3. The first-order chi connectivity index (χ1) is 19.2. The second kappa shape index (κ2) is 14.6. The van der Waals surface area contributed by atoms with Gasteiger partial charge in [-0.15, -0.1) is 0 Å². The Hall–Kier alpha value is -3.03. The van der Waals surface area contributed by atoms with Crippen molar-refractivity contribution in [1.82, 2.24) is 0 Å². The summed E-state index contributed by atoms with van der Waals surface area (Å²) in [6, 6.07) is 13.6. The predicted molar refractivity (Wildman–Crippen MR) is 154 cm³/mol. The average Bonchev–Trinajstić information content (AvgIpc) is 2.90. The Morgan fingerprint density at radius 2 is 1.57 bits per heavy atom. The van der Waals surface area contributed by atoms with Crippen LogP contribution in [-0.4, -0.2) is 50.4 Å². The highest BCUT2D eigenvalue weighted by molar-refractivity contribution is 6.00. The van der Waals surface area contributed by atoms with Crippen molar-refractivity contribution in [1.29, 1.82) is 0 Å². The highest BCUT2D eigenvalue weighted by Gasteiger charge is 2.50. The third kappa shape index (κ3) is 7.58. The summed E-state index contributed by atoms with van der Waals surface area (Å²) in [5.41, 5.74) is 1.64. The summed E-state index contributed by atoms with van der Waals surface area (Å²) < 4.78 is 23.1. The molecule has 2 aromatic carbocycles. The van der Waals surface area contributed by atoms with E-state index >= 15 is 0 Å². The van der Waals surface area contributed by atoms with Crippen LogP contribution >= 0.6 is 0 Å². The van der Waals surface area contributed by atoms with Crippen molar-refractivity contribution < 1.29 is 33.3 Å². The lowest BCUT2D eigenvalue weighted by atomic mass is 9.60. The summed E-state index contributed by atoms with van der Waals surface area (Å²) in [7, 11) is 1.64. The van der Waals surface area contributed by atoms with Crippen LogP contribution in [0, 0.1) is 11.3 Å². The Morgan fingerprint density at radius 1 is 0.975 bits per heavy atom. The molecule has 0 N–H and O–H groups in total. The maximum atomic E-state index is 14.0. The first-order valence-corrected chi connectivity index (χ1v) is 14.3. The molecule has 1 unspecified atom stereocenters. The number of rotatable bonds is 17. The standard InChI is InChI=1S/C33H44O7/c1-7-39-30-16-26(17-31(40-8-2)32(30)23(4)34)22(3)28(14-15-38-21-25-12-10-9-11-13-25)29(36)20-33(24(5)35)18-27(19-33)37-6/h9-13,16-17,22,27-28H,7-8,14-15,18-21H2,1-6H3/t22-,27?,28?,33?/m1/s1. The van der Waals surface area contributed by atoms with Gasteiger partial charge in [-0.3, -0.25) is 14.4 Å². The van der Waals surface area contributed by atoms with Crippen molar-refractivity contribution >= 4 is 17.3 Å². The van der Waals surface area contributed by atoms with Crippen LogP contribution < -0.4 is 9.47 Å². The van der Waals surface area contributed by atoms with E-state index in [0.29, 0.717) is 62.8 Å². The van der Waals surface area contributed by atoms with Crippen molar-refractivity contribution in [2.75, 3.05) is 26.9 Å². The molecule has 0 spiro atoms. The van der Waals surface area contributed by atoms with E-state index < -0.39 is 11.3 Å². The molecule has 1 aliphatic carbocycles. The van der Waals surface area contributed by atoms with Crippen LogP contribution in [-0.2, 0) is 25.7 Å². The topological polar surface area (TPSA) is 88.1 Å². The molecule has 0 amide bonds. The molecule has 0 heterocycles. The van der Waals surface area contributed by atoms with E-state index in [2.05, 4.69) is 0 Å². The zero-order valence-corrected chi connectivity index (χ0v) is 24.8. The van der Waals surface area contributed by atoms with Gasteiger partial charge in [-0.2, -0.15) is 0 Å². The molecule has 1 saturated carbocycles. The number of ether oxygens (including phenoxy) is 4. The van der Waals surface area contributed by atoms with Gasteiger partial charge < -0.3 is 18.9 Å². The molecule has 3 rings (SSSR count). The Morgan fingerprint density at radius 3 is 2.08 bits per heavy atom. The van der Waals surface area contributed by atoms with Crippen LogP contribution in [0.4, 0.5) is 0 Å². The maximum absolute atomic E-state index is 14.0. The maximum Gasteiger partial charge on any atom is 0.167 e. The van der Waals surface area contributed by atoms with E-state index in [9.17, 15) is 14.4 Å².